The fourth-order valence-corrected chi connectivity index (χ4v) is 1.74. The molecular formula is C10H13FIN3O2. The maximum Gasteiger partial charge on any atom is 0.293 e. The van der Waals surface area contributed by atoms with E-state index in [4.69, 9.17) is 0 Å². The molecule has 0 aliphatic heterocycles. The van der Waals surface area contributed by atoms with Crippen LogP contribution in [0.2, 0.25) is 0 Å². The molecule has 0 aromatic heterocycles. The van der Waals surface area contributed by atoms with Crippen molar-refractivity contribution in [3.8, 4) is 0 Å². The minimum absolute atomic E-state index is 0.104. The SMILES string of the molecule is CCNCCNc1cc(F)c(I)cc1[N+](=O)[O-]. The summed E-state index contributed by atoms with van der Waals surface area (Å²) in [4.78, 5) is 10.3. The number of hydrogen-bond donors (Lipinski definition) is 2. The van der Waals surface area contributed by atoms with Gasteiger partial charge >= 0.3 is 0 Å². The Labute approximate surface area is 112 Å². The molecule has 94 valence electrons. The van der Waals surface area contributed by atoms with Crippen LogP contribution in [0.25, 0.3) is 0 Å². The molecule has 1 rings (SSSR count). The van der Waals surface area contributed by atoms with E-state index < -0.39 is 10.7 Å². The monoisotopic (exact) mass is 353 g/mol. The van der Waals surface area contributed by atoms with Gasteiger partial charge in [-0.15, -0.1) is 0 Å². The van der Waals surface area contributed by atoms with E-state index in [2.05, 4.69) is 10.6 Å². The van der Waals surface area contributed by atoms with Gasteiger partial charge in [0.2, 0.25) is 0 Å². The highest BCUT2D eigenvalue weighted by Crippen LogP contribution is 2.28. The van der Waals surface area contributed by atoms with Gasteiger partial charge in [0, 0.05) is 25.2 Å². The molecule has 7 heteroatoms. The molecule has 0 fully saturated rings. The molecule has 0 bridgehead atoms. The first-order chi connectivity index (χ1) is 8.06. The van der Waals surface area contributed by atoms with Crippen molar-refractivity contribution in [3.63, 3.8) is 0 Å². The minimum Gasteiger partial charge on any atom is -0.378 e. The second kappa shape index (κ2) is 6.70. The van der Waals surface area contributed by atoms with Crippen molar-refractivity contribution >= 4 is 34.0 Å². The summed E-state index contributed by atoms with van der Waals surface area (Å²) < 4.78 is 13.6. The molecule has 0 radical (unpaired) electrons. The van der Waals surface area contributed by atoms with E-state index in [9.17, 15) is 14.5 Å². The number of rotatable bonds is 6. The second-order valence-corrected chi connectivity index (χ2v) is 4.48. The Kier molecular flexibility index (Phi) is 5.56. The van der Waals surface area contributed by atoms with Gasteiger partial charge in [-0.1, -0.05) is 6.92 Å². The molecule has 5 nitrogen and oxygen atoms in total. The van der Waals surface area contributed by atoms with Gasteiger partial charge in [-0.2, -0.15) is 0 Å². The number of likely N-dealkylation sites (N-methyl/N-ethyl adjacent to an activating group) is 1. The Morgan fingerprint density at radius 3 is 2.76 bits per heavy atom. The molecule has 0 spiro atoms. The van der Waals surface area contributed by atoms with Crippen LogP contribution in [0.4, 0.5) is 15.8 Å². The van der Waals surface area contributed by atoms with Crippen LogP contribution < -0.4 is 10.6 Å². The zero-order valence-electron chi connectivity index (χ0n) is 9.30. The summed E-state index contributed by atoms with van der Waals surface area (Å²) in [7, 11) is 0. The first-order valence-electron chi connectivity index (χ1n) is 5.14. The summed E-state index contributed by atoms with van der Waals surface area (Å²) >= 11 is 1.73. The Balaban J connectivity index is 2.81. The molecule has 0 saturated heterocycles. The molecule has 0 amide bonds. The standard InChI is InChI=1S/C10H13FIN3O2/c1-2-13-3-4-14-9-5-7(11)8(12)6-10(9)15(16)17/h5-6,13-14H,2-4H2,1H3. The van der Waals surface area contributed by atoms with Crippen LogP contribution in [0, 0.1) is 19.5 Å². The minimum atomic E-state index is -0.517. The van der Waals surface area contributed by atoms with E-state index in [1.165, 1.54) is 6.07 Å². The number of halogens is 2. The lowest BCUT2D eigenvalue weighted by Gasteiger charge is -2.08. The van der Waals surface area contributed by atoms with Crippen LogP contribution in [-0.4, -0.2) is 24.6 Å². The van der Waals surface area contributed by atoms with Crippen molar-refractivity contribution in [2.24, 2.45) is 0 Å². The number of nitro benzene ring substituents is 1. The van der Waals surface area contributed by atoms with Crippen molar-refractivity contribution < 1.29 is 9.31 Å². The van der Waals surface area contributed by atoms with Crippen LogP contribution in [0.15, 0.2) is 12.1 Å². The number of nitro groups is 1. The maximum absolute atomic E-state index is 13.3. The number of anilines is 1. The van der Waals surface area contributed by atoms with Gasteiger partial charge in [0.25, 0.3) is 5.69 Å². The van der Waals surface area contributed by atoms with Crippen molar-refractivity contribution in [3.05, 3.63) is 31.6 Å². The molecule has 0 aliphatic carbocycles. The van der Waals surface area contributed by atoms with E-state index in [0.29, 0.717) is 13.1 Å². The lowest BCUT2D eigenvalue weighted by Crippen LogP contribution is -2.22. The normalized spacial score (nSPS) is 10.3. The fourth-order valence-electron chi connectivity index (χ4n) is 1.29. The van der Waals surface area contributed by atoms with Crippen LogP contribution in [0.5, 0.6) is 0 Å². The summed E-state index contributed by atoms with van der Waals surface area (Å²) in [6.45, 7) is 3.97. The largest absolute Gasteiger partial charge is 0.378 e. The number of nitrogens with zero attached hydrogens (tertiary/aromatic N) is 1. The fraction of sp³-hybridized carbons (Fsp3) is 0.400. The maximum atomic E-state index is 13.3. The third kappa shape index (κ3) is 4.08. The molecule has 0 atom stereocenters. The van der Waals surface area contributed by atoms with Gasteiger partial charge < -0.3 is 10.6 Å². The lowest BCUT2D eigenvalue weighted by atomic mass is 10.2. The summed E-state index contributed by atoms with van der Waals surface area (Å²) in [6.07, 6.45) is 0. The number of hydrogen-bond acceptors (Lipinski definition) is 4. The van der Waals surface area contributed by atoms with Gasteiger partial charge in [-0.25, -0.2) is 4.39 Å². The highest BCUT2D eigenvalue weighted by molar-refractivity contribution is 14.1. The lowest BCUT2D eigenvalue weighted by molar-refractivity contribution is -0.384. The quantitative estimate of drug-likeness (QED) is 0.357. The Bertz CT molecular complexity index is 415. The van der Waals surface area contributed by atoms with Crippen LogP contribution in [0.1, 0.15) is 6.92 Å². The Hall–Kier alpha value is -0.960. The highest BCUT2D eigenvalue weighted by Gasteiger charge is 2.16. The van der Waals surface area contributed by atoms with Gasteiger partial charge in [0.05, 0.1) is 8.49 Å². The molecule has 1 aromatic carbocycles. The number of nitrogens with one attached hydrogen (secondary N) is 2. The highest BCUT2D eigenvalue weighted by atomic mass is 127. The molecule has 2 N–H and O–H groups in total. The van der Waals surface area contributed by atoms with Crippen LogP contribution in [-0.2, 0) is 0 Å². The van der Waals surface area contributed by atoms with Crippen LogP contribution >= 0.6 is 22.6 Å². The first-order valence-corrected chi connectivity index (χ1v) is 6.22. The molecular weight excluding hydrogens is 340 g/mol. The van der Waals surface area contributed by atoms with E-state index in [1.807, 2.05) is 6.92 Å². The molecule has 0 unspecified atom stereocenters. The molecule has 0 aliphatic rings. The summed E-state index contributed by atoms with van der Waals surface area (Å²) in [5.74, 6) is -0.456. The first kappa shape index (κ1) is 14.1. The van der Waals surface area contributed by atoms with Crippen molar-refractivity contribution in [1.29, 1.82) is 0 Å². The average molecular weight is 353 g/mol. The average Bonchev–Trinajstić information content (AvgIpc) is 2.28. The van der Waals surface area contributed by atoms with Gasteiger partial charge in [0.1, 0.15) is 11.5 Å². The zero-order valence-corrected chi connectivity index (χ0v) is 11.5. The molecule has 0 heterocycles. The predicted octanol–water partition coefficient (Wildman–Crippen LogP) is 2.36. The van der Waals surface area contributed by atoms with Gasteiger partial charge in [-0.3, -0.25) is 10.1 Å². The van der Waals surface area contributed by atoms with Crippen molar-refractivity contribution in [2.45, 2.75) is 6.92 Å². The molecule has 0 saturated carbocycles. The summed E-state index contributed by atoms with van der Waals surface area (Å²) in [6, 6.07) is 2.39. The summed E-state index contributed by atoms with van der Waals surface area (Å²) in [5.41, 5.74) is 0.109. The second-order valence-electron chi connectivity index (χ2n) is 3.32. The predicted molar refractivity (Wildman–Crippen MR) is 72.8 cm³/mol. The summed E-state index contributed by atoms with van der Waals surface area (Å²) in [5, 5.41) is 16.7. The van der Waals surface area contributed by atoms with Gasteiger partial charge in [-0.05, 0) is 29.1 Å². The number of benzene rings is 1. The Morgan fingerprint density at radius 2 is 2.18 bits per heavy atom. The third-order valence-electron chi connectivity index (χ3n) is 2.10. The Morgan fingerprint density at radius 1 is 1.47 bits per heavy atom. The van der Waals surface area contributed by atoms with E-state index in [-0.39, 0.29) is 14.9 Å². The van der Waals surface area contributed by atoms with E-state index in [0.717, 1.165) is 12.6 Å². The third-order valence-corrected chi connectivity index (χ3v) is 2.93. The van der Waals surface area contributed by atoms with Gasteiger partial charge in [0.15, 0.2) is 0 Å². The zero-order chi connectivity index (χ0) is 12.8. The smallest absolute Gasteiger partial charge is 0.293 e. The molecule has 17 heavy (non-hydrogen) atoms. The molecule has 1 aromatic rings. The van der Waals surface area contributed by atoms with E-state index >= 15 is 0 Å². The van der Waals surface area contributed by atoms with Crippen molar-refractivity contribution in [1.82, 2.24) is 5.32 Å². The topological polar surface area (TPSA) is 67.2 Å². The van der Waals surface area contributed by atoms with E-state index in [1.54, 1.807) is 22.6 Å². The van der Waals surface area contributed by atoms with Crippen LogP contribution in [0.3, 0.4) is 0 Å². The van der Waals surface area contributed by atoms with Crippen molar-refractivity contribution in [2.75, 3.05) is 25.0 Å².